The molecule has 0 saturated heterocycles. The lowest BCUT2D eigenvalue weighted by atomic mass is 10.1. The van der Waals surface area contributed by atoms with Crippen molar-refractivity contribution in [1.82, 2.24) is 0 Å². The largest absolute Gasteiger partial charge is 0.399 e. The van der Waals surface area contributed by atoms with Crippen LogP contribution in [0.1, 0.15) is 42.9 Å². The quantitative estimate of drug-likeness (QED) is 0.795. The number of hydrogen-bond donors (Lipinski definition) is 2. The molecule has 1 atom stereocenters. The Kier molecular flexibility index (Phi) is 3.16. The third-order valence-electron chi connectivity index (χ3n) is 3.78. The van der Waals surface area contributed by atoms with Gasteiger partial charge < -0.3 is 11.1 Å². The molecule has 1 aliphatic carbocycles. The van der Waals surface area contributed by atoms with Gasteiger partial charge in [0.05, 0.1) is 0 Å². The van der Waals surface area contributed by atoms with Crippen molar-refractivity contribution in [2.45, 2.75) is 31.7 Å². The molecule has 2 aromatic carbocycles. The van der Waals surface area contributed by atoms with Crippen LogP contribution in [0.15, 0.2) is 48.5 Å². The van der Waals surface area contributed by atoms with Crippen LogP contribution in [0.5, 0.6) is 0 Å². The van der Waals surface area contributed by atoms with E-state index in [1.807, 2.05) is 12.1 Å². The van der Waals surface area contributed by atoms with E-state index in [2.05, 4.69) is 48.6 Å². The van der Waals surface area contributed by atoms with Crippen molar-refractivity contribution < 1.29 is 0 Å². The van der Waals surface area contributed by atoms with Crippen molar-refractivity contribution >= 4 is 11.4 Å². The highest BCUT2D eigenvalue weighted by Gasteiger charge is 2.22. The fourth-order valence-corrected chi connectivity index (χ4v) is 2.39. The van der Waals surface area contributed by atoms with Crippen LogP contribution in [0.3, 0.4) is 0 Å². The Hall–Kier alpha value is -1.96. The molecule has 0 amide bonds. The SMILES string of the molecule is CC(Nc1ccc(C2CC2)cc1)c1ccc(N)cc1. The maximum Gasteiger partial charge on any atom is 0.0485 e. The van der Waals surface area contributed by atoms with Gasteiger partial charge in [0, 0.05) is 17.4 Å². The summed E-state index contributed by atoms with van der Waals surface area (Å²) >= 11 is 0. The summed E-state index contributed by atoms with van der Waals surface area (Å²) in [6, 6.07) is 17.2. The van der Waals surface area contributed by atoms with Crippen molar-refractivity contribution in [3.63, 3.8) is 0 Å². The Morgan fingerprint density at radius 1 is 1.00 bits per heavy atom. The Balaban J connectivity index is 1.67. The van der Waals surface area contributed by atoms with E-state index in [9.17, 15) is 0 Å². The summed E-state index contributed by atoms with van der Waals surface area (Å²) in [5.74, 6) is 0.823. The second-order valence-corrected chi connectivity index (χ2v) is 5.43. The number of nitrogen functional groups attached to an aromatic ring is 1. The van der Waals surface area contributed by atoms with Gasteiger partial charge in [0.15, 0.2) is 0 Å². The van der Waals surface area contributed by atoms with Crippen molar-refractivity contribution in [1.29, 1.82) is 0 Å². The van der Waals surface area contributed by atoms with E-state index in [1.165, 1.54) is 29.7 Å². The van der Waals surface area contributed by atoms with Gasteiger partial charge in [-0.05, 0) is 61.1 Å². The molecule has 0 spiro atoms. The minimum atomic E-state index is 0.285. The summed E-state index contributed by atoms with van der Waals surface area (Å²) in [6.45, 7) is 2.17. The van der Waals surface area contributed by atoms with Gasteiger partial charge in [0.2, 0.25) is 0 Å². The minimum Gasteiger partial charge on any atom is -0.399 e. The smallest absolute Gasteiger partial charge is 0.0485 e. The van der Waals surface area contributed by atoms with Crippen LogP contribution in [0.4, 0.5) is 11.4 Å². The highest BCUT2D eigenvalue weighted by Crippen LogP contribution is 2.40. The molecule has 2 nitrogen and oxygen atoms in total. The predicted octanol–water partition coefficient (Wildman–Crippen LogP) is 4.32. The number of rotatable bonds is 4. The van der Waals surface area contributed by atoms with Gasteiger partial charge >= 0.3 is 0 Å². The molecule has 0 aliphatic heterocycles. The zero-order valence-electron chi connectivity index (χ0n) is 11.3. The first kappa shape index (κ1) is 12.1. The Morgan fingerprint density at radius 2 is 1.63 bits per heavy atom. The van der Waals surface area contributed by atoms with Gasteiger partial charge in [-0.15, -0.1) is 0 Å². The van der Waals surface area contributed by atoms with E-state index in [0.29, 0.717) is 0 Å². The van der Waals surface area contributed by atoms with Crippen LogP contribution in [0.25, 0.3) is 0 Å². The maximum atomic E-state index is 5.71. The van der Waals surface area contributed by atoms with Crippen molar-refractivity contribution in [2.75, 3.05) is 11.1 Å². The lowest BCUT2D eigenvalue weighted by Gasteiger charge is -2.16. The van der Waals surface area contributed by atoms with Crippen LogP contribution in [-0.4, -0.2) is 0 Å². The van der Waals surface area contributed by atoms with Crippen molar-refractivity contribution in [3.8, 4) is 0 Å². The second-order valence-electron chi connectivity index (χ2n) is 5.43. The minimum absolute atomic E-state index is 0.285. The zero-order chi connectivity index (χ0) is 13.2. The predicted molar refractivity (Wildman–Crippen MR) is 81.3 cm³/mol. The molecule has 3 rings (SSSR count). The monoisotopic (exact) mass is 252 g/mol. The maximum absolute atomic E-state index is 5.71. The first-order valence-electron chi connectivity index (χ1n) is 6.94. The van der Waals surface area contributed by atoms with Gasteiger partial charge in [-0.1, -0.05) is 24.3 Å². The van der Waals surface area contributed by atoms with E-state index in [4.69, 9.17) is 5.73 Å². The molecule has 1 saturated carbocycles. The van der Waals surface area contributed by atoms with Gasteiger partial charge in [-0.25, -0.2) is 0 Å². The number of anilines is 2. The molecule has 2 aromatic rings. The Bertz CT molecular complexity index is 538. The molecular weight excluding hydrogens is 232 g/mol. The fraction of sp³-hybridized carbons (Fsp3) is 0.294. The van der Waals surface area contributed by atoms with Crippen LogP contribution < -0.4 is 11.1 Å². The van der Waals surface area contributed by atoms with Gasteiger partial charge in [-0.3, -0.25) is 0 Å². The molecule has 2 heteroatoms. The average molecular weight is 252 g/mol. The Morgan fingerprint density at radius 3 is 2.21 bits per heavy atom. The number of nitrogens with one attached hydrogen (secondary N) is 1. The van der Waals surface area contributed by atoms with Gasteiger partial charge in [-0.2, -0.15) is 0 Å². The summed E-state index contributed by atoms with van der Waals surface area (Å²) in [6.07, 6.45) is 2.71. The van der Waals surface area contributed by atoms with Crippen molar-refractivity contribution in [3.05, 3.63) is 59.7 Å². The van der Waals surface area contributed by atoms with E-state index in [0.717, 1.165) is 11.6 Å². The molecule has 1 fully saturated rings. The van der Waals surface area contributed by atoms with Gasteiger partial charge in [0.1, 0.15) is 0 Å². The summed E-state index contributed by atoms with van der Waals surface area (Å²) < 4.78 is 0. The number of nitrogens with two attached hydrogens (primary N) is 1. The van der Waals surface area contributed by atoms with Crippen LogP contribution >= 0.6 is 0 Å². The average Bonchev–Trinajstić information content (AvgIpc) is 3.25. The van der Waals surface area contributed by atoms with E-state index in [-0.39, 0.29) is 6.04 Å². The molecule has 1 unspecified atom stereocenters. The molecule has 1 aliphatic rings. The molecular formula is C17H20N2. The molecule has 0 bridgehead atoms. The van der Waals surface area contributed by atoms with Crippen LogP contribution in [0.2, 0.25) is 0 Å². The molecule has 3 N–H and O–H groups in total. The van der Waals surface area contributed by atoms with Gasteiger partial charge in [0.25, 0.3) is 0 Å². The standard InChI is InChI=1S/C17H20N2/c1-12(13-4-8-16(18)9-5-13)19-17-10-6-15(7-11-17)14-2-3-14/h4-12,14,19H,2-3,18H2,1H3. The normalized spacial score (nSPS) is 16.1. The highest BCUT2D eigenvalue weighted by molar-refractivity contribution is 5.48. The summed E-state index contributed by atoms with van der Waals surface area (Å²) in [4.78, 5) is 0. The van der Waals surface area contributed by atoms with Crippen LogP contribution in [0, 0.1) is 0 Å². The topological polar surface area (TPSA) is 38.0 Å². The van der Waals surface area contributed by atoms with Crippen molar-refractivity contribution in [2.24, 2.45) is 0 Å². The molecule has 19 heavy (non-hydrogen) atoms. The molecule has 98 valence electrons. The zero-order valence-corrected chi connectivity index (χ0v) is 11.3. The lowest BCUT2D eigenvalue weighted by molar-refractivity contribution is 0.885. The molecule has 0 radical (unpaired) electrons. The number of benzene rings is 2. The molecule has 0 heterocycles. The highest BCUT2D eigenvalue weighted by atomic mass is 14.9. The Labute approximate surface area is 114 Å². The lowest BCUT2D eigenvalue weighted by Crippen LogP contribution is -2.06. The van der Waals surface area contributed by atoms with Crippen LogP contribution in [-0.2, 0) is 0 Å². The summed E-state index contributed by atoms with van der Waals surface area (Å²) in [5.41, 5.74) is 10.4. The first-order valence-corrected chi connectivity index (χ1v) is 6.94. The third-order valence-corrected chi connectivity index (χ3v) is 3.78. The van der Waals surface area contributed by atoms with E-state index >= 15 is 0 Å². The second kappa shape index (κ2) is 4.96. The summed E-state index contributed by atoms with van der Waals surface area (Å²) in [5, 5.41) is 3.52. The van der Waals surface area contributed by atoms with E-state index in [1.54, 1.807) is 0 Å². The summed E-state index contributed by atoms with van der Waals surface area (Å²) in [7, 11) is 0. The fourth-order valence-electron chi connectivity index (χ4n) is 2.39. The molecule has 0 aromatic heterocycles. The number of hydrogen-bond acceptors (Lipinski definition) is 2. The third kappa shape index (κ3) is 2.90. The van der Waals surface area contributed by atoms with E-state index < -0.39 is 0 Å². The first-order chi connectivity index (χ1) is 9.22.